The van der Waals surface area contributed by atoms with Crippen LogP contribution < -0.4 is 4.72 Å². The quantitative estimate of drug-likeness (QED) is 0.462. The van der Waals surface area contributed by atoms with Crippen LogP contribution in [0.4, 0.5) is 13.2 Å². The summed E-state index contributed by atoms with van der Waals surface area (Å²) in [5.41, 5.74) is 1.74. The van der Waals surface area contributed by atoms with Crippen molar-refractivity contribution in [1.29, 1.82) is 0 Å². The Bertz CT molecular complexity index is 1490. The van der Waals surface area contributed by atoms with Crippen molar-refractivity contribution in [3.8, 4) is 0 Å². The van der Waals surface area contributed by atoms with Crippen molar-refractivity contribution < 1.29 is 21.6 Å². The van der Waals surface area contributed by atoms with Gasteiger partial charge < -0.3 is 4.90 Å². The molecule has 8 nitrogen and oxygen atoms in total. The minimum atomic E-state index is -3.75. The summed E-state index contributed by atoms with van der Waals surface area (Å²) in [7, 11) is -3.75. The summed E-state index contributed by atoms with van der Waals surface area (Å²) in [5, 5.41) is 7.31. The molecule has 1 N–H and O–H groups in total. The molecule has 0 amide bonds. The molecule has 0 radical (unpaired) electrons. The van der Waals surface area contributed by atoms with Crippen molar-refractivity contribution in [2.75, 3.05) is 6.54 Å². The highest BCUT2D eigenvalue weighted by molar-refractivity contribution is 7.92. The SMILES string of the molecule is C=CS(=O)(=O)N[C@H]1CC2=C(c3ccn(C(F)F)n3)[C@H](c3ccc(F)cc3Cl)N=C(c3nccs3)N2C1. The summed E-state index contributed by atoms with van der Waals surface area (Å²) < 4.78 is 68.1. The Kier molecular flexibility index (Phi) is 6.49. The number of aromatic nitrogens is 3. The molecule has 0 aliphatic carbocycles. The first-order valence-electron chi connectivity index (χ1n) is 10.6. The highest BCUT2D eigenvalue weighted by atomic mass is 35.5. The minimum Gasteiger partial charge on any atom is -0.326 e. The number of sulfonamides is 1. The van der Waals surface area contributed by atoms with Gasteiger partial charge in [0.25, 0.3) is 0 Å². The third-order valence-electron chi connectivity index (χ3n) is 5.78. The van der Waals surface area contributed by atoms with E-state index in [1.54, 1.807) is 16.5 Å². The van der Waals surface area contributed by atoms with Gasteiger partial charge in [0.05, 0.1) is 5.69 Å². The van der Waals surface area contributed by atoms with E-state index >= 15 is 0 Å². The van der Waals surface area contributed by atoms with Crippen molar-refractivity contribution in [2.24, 2.45) is 4.99 Å². The average molecular weight is 555 g/mol. The van der Waals surface area contributed by atoms with Gasteiger partial charge in [0.2, 0.25) is 10.0 Å². The zero-order valence-electron chi connectivity index (χ0n) is 18.4. The summed E-state index contributed by atoms with van der Waals surface area (Å²) in [5.74, 6) is -0.0796. The Morgan fingerprint density at radius 1 is 1.31 bits per heavy atom. The Labute approximate surface area is 213 Å². The van der Waals surface area contributed by atoms with E-state index in [2.05, 4.69) is 21.4 Å². The van der Waals surface area contributed by atoms with Gasteiger partial charge in [-0.1, -0.05) is 24.2 Å². The number of halogens is 4. The first-order chi connectivity index (χ1) is 17.2. The standard InChI is InChI=1S/C22H18ClF3N6O2S2/c1-2-36(33,34)30-13-10-17-18(16-5-7-32(29-16)22(25)26)19(14-4-3-12(24)9-15(14)23)28-20(31(17)11-13)21-27-6-8-35-21/h2-9,13,19,22,30H,1,10-11H2/t13-,19-/m0/s1. The minimum absolute atomic E-state index is 0.101. The van der Waals surface area contributed by atoms with Crippen LogP contribution in [-0.4, -0.2) is 46.5 Å². The van der Waals surface area contributed by atoms with Gasteiger partial charge in [0, 0.05) is 64.0 Å². The number of fused-ring (bicyclic) bond motifs is 1. The highest BCUT2D eigenvalue weighted by Crippen LogP contribution is 2.46. The summed E-state index contributed by atoms with van der Waals surface area (Å²) in [4.78, 5) is 11.1. The molecule has 1 saturated heterocycles. The van der Waals surface area contributed by atoms with Crippen LogP contribution in [0.1, 0.15) is 35.3 Å². The second kappa shape index (κ2) is 9.47. The number of benzene rings is 1. The summed E-state index contributed by atoms with van der Waals surface area (Å²) in [6.07, 6.45) is 2.97. The second-order valence-electron chi connectivity index (χ2n) is 8.02. The first kappa shape index (κ1) is 24.7. The summed E-state index contributed by atoms with van der Waals surface area (Å²) >= 11 is 7.75. The zero-order valence-corrected chi connectivity index (χ0v) is 20.7. The van der Waals surface area contributed by atoms with Crippen molar-refractivity contribution in [3.63, 3.8) is 0 Å². The van der Waals surface area contributed by atoms with Gasteiger partial charge in [-0.05, 0) is 18.2 Å². The van der Waals surface area contributed by atoms with Crippen LogP contribution in [0.5, 0.6) is 0 Å². The predicted molar refractivity (Wildman–Crippen MR) is 131 cm³/mol. The van der Waals surface area contributed by atoms with E-state index in [4.69, 9.17) is 16.6 Å². The van der Waals surface area contributed by atoms with E-state index < -0.39 is 34.5 Å². The highest BCUT2D eigenvalue weighted by Gasteiger charge is 2.41. The van der Waals surface area contributed by atoms with Crippen LogP contribution in [0.25, 0.3) is 5.57 Å². The fraction of sp³-hybridized carbons (Fsp3) is 0.227. The van der Waals surface area contributed by atoms with Crippen LogP contribution in [0, 0.1) is 5.82 Å². The smallest absolute Gasteiger partial charge is 0.326 e. The van der Waals surface area contributed by atoms with E-state index in [9.17, 15) is 21.6 Å². The predicted octanol–water partition coefficient (Wildman–Crippen LogP) is 4.58. The molecule has 1 fully saturated rings. The van der Waals surface area contributed by atoms with E-state index in [0.29, 0.717) is 32.4 Å². The molecule has 2 aromatic heterocycles. The van der Waals surface area contributed by atoms with Crippen LogP contribution >= 0.6 is 22.9 Å². The van der Waals surface area contributed by atoms with Crippen LogP contribution in [0.15, 0.2) is 64.7 Å². The Morgan fingerprint density at radius 2 is 2.11 bits per heavy atom. The number of aliphatic imine (C=N–C) groups is 1. The van der Waals surface area contributed by atoms with Gasteiger partial charge in [-0.2, -0.15) is 13.9 Å². The molecule has 2 aliphatic rings. The number of hydrogen-bond acceptors (Lipinski definition) is 7. The van der Waals surface area contributed by atoms with Crippen LogP contribution in [-0.2, 0) is 10.0 Å². The molecular formula is C22H18ClF3N6O2S2. The van der Waals surface area contributed by atoms with Gasteiger partial charge in [-0.15, -0.1) is 11.3 Å². The molecule has 2 atom stereocenters. The largest absolute Gasteiger partial charge is 0.333 e. The van der Waals surface area contributed by atoms with E-state index in [0.717, 1.165) is 17.7 Å². The number of amidine groups is 1. The number of nitrogens with one attached hydrogen (secondary N) is 1. The van der Waals surface area contributed by atoms with Crippen LogP contribution in [0.2, 0.25) is 5.02 Å². The third-order valence-corrected chi connectivity index (χ3v) is 7.97. The monoisotopic (exact) mass is 554 g/mol. The van der Waals surface area contributed by atoms with E-state index in [-0.39, 0.29) is 23.7 Å². The molecule has 0 unspecified atom stereocenters. The second-order valence-corrected chi connectivity index (χ2v) is 11.0. The van der Waals surface area contributed by atoms with Crippen molar-refractivity contribution in [1.82, 2.24) is 24.4 Å². The molecule has 36 heavy (non-hydrogen) atoms. The van der Waals surface area contributed by atoms with Crippen molar-refractivity contribution >= 4 is 44.4 Å². The van der Waals surface area contributed by atoms with Gasteiger partial charge in [-0.3, -0.25) is 4.99 Å². The number of nitrogens with zero attached hydrogens (tertiary/aromatic N) is 5. The summed E-state index contributed by atoms with van der Waals surface area (Å²) in [6.45, 7) is 0.687. The average Bonchev–Trinajstić information content (AvgIpc) is 3.58. The fourth-order valence-corrected chi connectivity index (χ4v) is 5.94. The van der Waals surface area contributed by atoms with Gasteiger partial charge in [-0.25, -0.2) is 27.2 Å². The van der Waals surface area contributed by atoms with Crippen molar-refractivity contribution in [3.05, 3.63) is 86.8 Å². The molecule has 0 spiro atoms. The van der Waals surface area contributed by atoms with Crippen LogP contribution in [0.3, 0.4) is 0 Å². The molecule has 0 bridgehead atoms. The van der Waals surface area contributed by atoms with Gasteiger partial charge >= 0.3 is 6.55 Å². The lowest BCUT2D eigenvalue weighted by atomic mass is 9.92. The lowest BCUT2D eigenvalue weighted by Crippen LogP contribution is -2.38. The number of hydrogen-bond donors (Lipinski definition) is 1. The molecule has 3 aromatic rings. The zero-order chi connectivity index (χ0) is 25.6. The molecule has 2 aliphatic heterocycles. The molecule has 4 heterocycles. The third kappa shape index (κ3) is 4.59. The Morgan fingerprint density at radius 3 is 2.75 bits per heavy atom. The first-order valence-corrected chi connectivity index (χ1v) is 13.4. The summed E-state index contributed by atoms with van der Waals surface area (Å²) in [6, 6.07) is 3.90. The van der Waals surface area contributed by atoms with Gasteiger partial charge in [0.1, 0.15) is 11.9 Å². The molecule has 14 heteroatoms. The van der Waals surface area contributed by atoms with Crippen molar-refractivity contribution in [2.45, 2.75) is 25.1 Å². The normalized spacial score (nSPS) is 20.1. The maximum Gasteiger partial charge on any atom is 0.333 e. The molecule has 188 valence electrons. The lowest BCUT2D eigenvalue weighted by Gasteiger charge is -2.32. The molecular weight excluding hydrogens is 537 g/mol. The molecule has 1 aromatic carbocycles. The fourth-order valence-electron chi connectivity index (χ4n) is 4.31. The Balaban J connectivity index is 1.71. The maximum atomic E-state index is 13.9. The number of alkyl halides is 2. The number of rotatable bonds is 7. The van der Waals surface area contributed by atoms with E-state index in [1.165, 1.54) is 29.5 Å². The Hall–Kier alpha value is -3.00. The molecule has 0 saturated carbocycles. The maximum absolute atomic E-state index is 13.9. The van der Waals surface area contributed by atoms with Gasteiger partial charge in [0.15, 0.2) is 10.8 Å². The van der Waals surface area contributed by atoms with E-state index in [1.807, 2.05) is 0 Å². The molecule has 5 rings (SSSR count). The number of thiazole rings is 1. The topological polar surface area (TPSA) is 92.5 Å². The lowest BCUT2D eigenvalue weighted by molar-refractivity contribution is 0.0564.